The van der Waals surface area contributed by atoms with Gasteiger partial charge in [-0.3, -0.25) is 10.1 Å². The summed E-state index contributed by atoms with van der Waals surface area (Å²) in [5.74, 6) is 0.0719. The van der Waals surface area contributed by atoms with E-state index < -0.39 is 20.5 Å². The molecule has 1 aliphatic heterocycles. The van der Waals surface area contributed by atoms with Crippen LogP contribution in [0.3, 0.4) is 0 Å². The summed E-state index contributed by atoms with van der Waals surface area (Å²) in [5.41, 5.74) is -0.917. The first-order valence-corrected chi connectivity index (χ1v) is 7.83. The van der Waals surface area contributed by atoms with Crippen molar-refractivity contribution in [2.45, 2.75) is 23.8 Å². The first-order chi connectivity index (χ1) is 9.77. The lowest BCUT2D eigenvalue weighted by Crippen LogP contribution is -2.47. The maximum Gasteiger partial charge on any atom is 0.271 e. The first kappa shape index (κ1) is 15.7. The summed E-state index contributed by atoms with van der Waals surface area (Å²) in [6, 6.07) is 3.49. The highest BCUT2D eigenvalue weighted by atomic mass is 32.2. The van der Waals surface area contributed by atoms with Crippen LogP contribution in [0.1, 0.15) is 13.3 Å². The Labute approximate surface area is 122 Å². The van der Waals surface area contributed by atoms with Crippen LogP contribution in [0.5, 0.6) is 5.75 Å². The zero-order valence-electron chi connectivity index (χ0n) is 11.8. The van der Waals surface area contributed by atoms with Gasteiger partial charge in [-0.25, -0.2) is 13.1 Å². The Kier molecular flexibility index (Phi) is 4.17. The number of hydrogen-bond donors (Lipinski definition) is 2. The average molecular weight is 315 g/mol. The average Bonchev–Trinajstić information content (AvgIpc) is 2.83. The quantitative estimate of drug-likeness (QED) is 0.609. The predicted octanol–water partition coefficient (Wildman–Crippen LogP) is 0.634. The largest absolute Gasteiger partial charge is 0.495 e. The molecule has 2 rings (SSSR count). The normalized spacial score (nSPS) is 22.2. The Morgan fingerprint density at radius 1 is 1.48 bits per heavy atom. The molecule has 21 heavy (non-hydrogen) atoms. The molecule has 9 heteroatoms. The third-order valence-electron chi connectivity index (χ3n) is 3.40. The molecule has 2 N–H and O–H groups in total. The maximum atomic E-state index is 12.5. The summed E-state index contributed by atoms with van der Waals surface area (Å²) >= 11 is 0. The summed E-state index contributed by atoms with van der Waals surface area (Å²) in [6.45, 7) is 3.00. The lowest BCUT2D eigenvalue weighted by molar-refractivity contribution is -0.385. The Balaban J connectivity index is 2.42. The van der Waals surface area contributed by atoms with Crippen LogP contribution >= 0.6 is 0 Å². The molecule has 1 atom stereocenters. The third kappa shape index (κ3) is 3.31. The van der Waals surface area contributed by atoms with Gasteiger partial charge in [-0.15, -0.1) is 0 Å². The lowest BCUT2D eigenvalue weighted by atomic mass is 10.0. The van der Waals surface area contributed by atoms with Gasteiger partial charge >= 0.3 is 0 Å². The molecule has 1 aromatic rings. The Hall–Kier alpha value is -1.71. The summed E-state index contributed by atoms with van der Waals surface area (Å²) in [4.78, 5) is 9.96. The van der Waals surface area contributed by atoms with Crippen molar-refractivity contribution in [2.75, 3.05) is 20.2 Å². The van der Waals surface area contributed by atoms with Gasteiger partial charge in [0.1, 0.15) is 10.6 Å². The molecule has 116 valence electrons. The highest BCUT2D eigenvalue weighted by molar-refractivity contribution is 7.89. The second-order valence-corrected chi connectivity index (χ2v) is 6.84. The smallest absolute Gasteiger partial charge is 0.271 e. The minimum absolute atomic E-state index is 0.0719. The zero-order chi connectivity index (χ0) is 15.7. The molecule has 0 saturated carbocycles. The summed E-state index contributed by atoms with van der Waals surface area (Å²) in [7, 11) is -2.60. The fraction of sp³-hybridized carbons (Fsp3) is 0.500. The number of non-ortho nitro benzene ring substituents is 1. The first-order valence-electron chi connectivity index (χ1n) is 6.34. The molecule has 1 fully saturated rings. The number of nitrogens with one attached hydrogen (secondary N) is 2. The van der Waals surface area contributed by atoms with Gasteiger partial charge in [0.25, 0.3) is 5.69 Å². The topological polar surface area (TPSA) is 111 Å². The monoisotopic (exact) mass is 315 g/mol. The summed E-state index contributed by atoms with van der Waals surface area (Å²) < 4.78 is 32.6. The minimum atomic E-state index is -3.92. The van der Waals surface area contributed by atoms with E-state index in [2.05, 4.69) is 10.0 Å². The lowest BCUT2D eigenvalue weighted by Gasteiger charge is -2.24. The van der Waals surface area contributed by atoms with Crippen molar-refractivity contribution >= 4 is 15.7 Å². The number of nitrogens with zero attached hydrogens (tertiary/aromatic N) is 1. The fourth-order valence-electron chi connectivity index (χ4n) is 2.27. The Morgan fingerprint density at radius 2 is 2.19 bits per heavy atom. The second-order valence-electron chi connectivity index (χ2n) is 5.19. The molecule has 0 spiro atoms. The predicted molar refractivity (Wildman–Crippen MR) is 75.9 cm³/mol. The molecule has 0 aromatic heterocycles. The van der Waals surface area contributed by atoms with E-state index in [1.54, 1.807) is 6.92 Å². The molecule has 0 aliphatic carbocycles. The van der Waals surface area contributed by atoms with Gasteiger partial charge in [-0.1, -0.05) is 0 Å². The number of rotatable bonds is 5. The fourth-order valence-corrected chi connectivity index (χ4v) is 3.90. The number of nitro groups is 1. The van der Waals surface area contributed by atoms with Gasteiger partial charge < -0.3 is 10.1 Å². The van der Waals surface area contributed by atoms with Crippen LogP contribution in [0.2, 0.25) is 0 Å². The van der Waals surface area contributed by atoms with Gasteiger partial charge in [0.2, 0.25) is 10.0 Å². The van der Waals surface area contributed by atoms with E-state index in [1.165, 1.54) is 19.2 Å². The number of ether oxygens (including phenoxy) is 1. The van der Waals surface area contributed by atoms with E-state index in [1.807, 2.05) is 0 Å². The standard InChI is InChI=1S/C12H17N3O5S/c1-12(5-6-13-8-12)14-21(18,19)11-7-9(15(16)17)3-4-10(11)20-2/h3-4,7,13-14H,5-6,8H2,1-2H3. The van der Waals surface area contributed by atoms with Crippen molar-refractivity contribution in [1.82, 2.24) is 10.0 Å². The van der Waals surface area contributed by atoms with Crippen LogP contribution in [0.25, 0.3) is 0 Å². The number of hydrogen-bond acceptors (Lipinski definition) is 6. The molecular weight excluding hydrogens is 298 g/mol. The number of methoxy groups -OCH3 is 1. The van der Waals surface area contributed by atoms with Gasteiger partial charge in [0.05, 0.1) is 12.0 Å². The molecule has 1 aromatic carbocycles. The SMILES string of the molecule is COc1ccc([N+](=O)[O-])cc1S(=O)(=O)NC1(C)CCNC1. The molecule has 0 bridgehead atoms. The molecule has 1 heterocycles. The van der Waals surface area contributed by atoms with E-state index in [0.29, 0.717) is 19.5 Å². The van der Waals surface area contributed by atoms with Crippen molar-refractivity contribution in [2.24, 2.45) is 0 Å². The zero-order valence-corrected chi connectivity index (χ0v) is 12.6. The van der Waals surface area contributed by atoms with Gasteiger partial charge in [-0.05, 0) is 26.0 Å². The van der Waals surface area contributed by atoms with Gasteiger partial charge in [0.15, 0.2) is 0 Å². The molecule has 1 saturated heterocycles. The van der Waals surface area contributed by atoms with Crippen LogP contribution in [0.4, 0.5) is 5.69 Å². The van der Waals surface area contributed by atoms with Crippen LogP contribution in [-0.2, 0) is 10.0 Å². The van der Waals surface area contributed by atoms with E-state index in [-0.39, 0.29) is 16.3 Å². The van der Waals surface area contributed by atoms with Crippen LogP contribution < -0.4 is 14.8 Å². The maximum absolute atomic E-state index is 12.5. The van der Waals surface area contributed by atoms with E-state index in [9.17, 15) is 18.5 Å². The minimum Gasteiger partial charge on any atom is -0.495 e. The number of sulfonamides is 1. The van der Waals surface area contributed by atoms with E-state index >= 15 is 0 Å². The Bertz CT molecular complexity index is 653. The van der Waals surface area contributed by atoms with Crippen molar-refractivity contribution in [1.29, 1.82) is 0 Å². The van der Waals surface area contributed by atoms with Gasteiger partial charge in [0, 0.05) is 24.2 Å². The molecule has 8 nitrogen and oxygen atoms in total. The van der Waals surface area contributed by atoms with Crippen molar-refractivity contribution in [3.63, 3.8) is 0 Å². The van der Waals surface area contributed by atoms with Gasteiger partial charge in [-0.2, -0.15) is 0 Å². The summed E-state index contributed by atoms with van der Waals surface area (Å²) in [6.07, 6.45) is 0.642. The van der Waals surface area contributed by atoms with Crippen molar-refractivity contribution in [3.05, 3.63) is 28.3 Å². The molecule has 0 radical (unpaired) electrons. The molecule has 1 aliphatic rings. The molecule has 1 unspecified atom stereocenters. The number of nitro benzene ring substituents is 1. The van der Waals surface area contributed by atoms with Crippen molar-refractivity contribution in [3.8, 4) is 5.75 Å². The van der Waals surface area contributed by atoms with Crippen LogP contribution in [-0.4, -0.2) is 39.1 Å². The molecule has 0 amide bonds. The van der Waals surface area contributed by atoms with E-state index in [4.69, 9.17) is 4.74 Å². The molecular formula is C12H17N3O5S. The van der Waals surface area contributed by atoms with Crippen LogP contribution in [0.15, 0.2) is 23.1 Å². The highest BCUT2D eigenvalue weighted by Gasteiger charge is 2.35. The summed E-state index contributed by atoms with van der Waals surface area (Å²) in [5, 5.41) is 13.9. The Morgan fingerprint density at radius 3 is 2.71 bits per heavy atom. The van der Waals surface area contributed by atoms with Crippen molar-refractivity contribution < 1.29 is 18.1 Å². The van der Waals surface area contributed by atoms with Crippen LogP contribution in [0, 0.1) is 10.1 Å². The third-order valence-corrected chi connectivity index (χ3v) is 5.06. The second kappa shape index (κ2) is 5.58. The number of benzene rings is 1. The van der Waals surface area contributed by atoms with E-state index in [0.717, 1.165) is 6.07 Å². The highest BCUT2D eigenvalue weighted by Crippen LogP contribution is 2.29.